The zero-order chi connectivity index (χ0) is 15.2. The van der Waals surface area contributed by atoms with Gasteiger partial charge in [-0.2, -0.15) is 5.10 Å². The summed E-state index contributed by atoms with van der Waals surface area (Å²) in [6.07, 6.45) is 1.70. The van der Waals surface area contributed by atoms with Crippen molar-refractivity contribution in [3.63, 3.8) is 0 Å². The Hall–Kier alpha value is -1.67. The summed E-state index contributed by atoms with van der Waals surface area (Å²) in [4.78, 5) is 14.5. The van der Waals surface area contributed by atoms with Crippen molar-refractivity contribution in [2.24, 2.45) is 0 Å². The number of hydrogen-bond acceptors (Lipinski definition) is 6. The Morgan fingerprint density at radius 1 is 1.38 bits per heavy atom. The summed E-state index contributed by atoms with van der Waals surface area (Å²) in [6.45, 7) is 1.10. The fourth-order valence-electron chi connectivity index (χ4n) is 1.57. The van der Waals surface area contributed by atoms with Gasteiger partial charge in [-0.15, -0.1) is 16.4 Å². The van der Waals surface area contributed by atoms with Crippen molar-refractivity contribution in [2.45, 2.75) is 0 Å². The Kier molecular flexibility index (Phi) is 5.51. The minimum absolute atomic E-state index is 0.0689. The molecule has 2 heterocycles. The predicted molar refractivity (Wildman–Crippen MR) is 89.2 cm³/mol. The molecule has 1 amide bonds. The van der Waals surface area contributed by atoms with Gasteiger partial charge in [-0.3, -0.25) is 4.79 Å². The molecule has 0 unspecified atom stereocenters. The van der Waals surface area contributed by atoms with Gasteiger partial charge in [0.1, 0.15) is 0 Å². The van der Waals surface area contributed by atoms with Gasteiger partial charge in [0, 0.05) is 43.1 Å². The first-order valence-corrected chi connectivity index (χ1v) is 7.99. The summed E-state index contributed by atoms with van der Waals surface area (Å²) in [6, 6.07) is 3.71. The number of halogens is 1. The normalized spacial score (nSPS) is 10.2. The van der Waals surface area contributed by atoms with Crippen molar-refractivity contribution in [2.75, 3.05) is 37.4 Å². The molecule has 8 heteroatoms. The molecule has 21 heavy (non-hydrogen) atoms. The van der Waals surface area contributed by atoms with Gasteiger partial charge in [0.05, 0.1) is 16.8 Å². The van der Waals surface area contributed by atoms with Crippen LogP contribution in [-0.4, -0.2) is 43.3 Å². The molecule has 0 radical (unpaired) electrons. The number of anilines is 2. The fourth-order valence-corrected chi connectivity index (χ4v) is 2.92. The van der Waals surface area contributed by atoms with E-state index in [1.54, 1.807) is 12.3 Å². The Morgan fingerprint density at radius 3 is 2.86 bits per heavy atom. The van der Waals surface area contributed by atoms with Crippen LogP contribution in [0.15, 0.2) is 28.2 Å². The molecule has 0 aliphatic heterocycles. The lowest BCUT2D eigenvalue weighted by Crippen LogP contribution is -2.28. The first-order valence-electron chi connectivity index (χ1n) is 6.32. The van der Waals surface area contributed by atoms with Crippen LogP contribution in [0.25, 0.3) is 0 Å². The predicted octanol–water partition coefficient (Wildman–Crippen LogP) is 2.21. The Morgan fingerprint density at radius 2 is 2.19 bits per heavy atom. The van der Waals surface area contributed by atoms with Gasteiger partial charge in [0.15, 0.2) is 5.82 Å². The summed E-state index contributed by atoms with van der Waals surface area (Å²) in [5, 5.41) is 15.8. The van der Waals surface area contributed by atoms with Gasteiger partial charge in [-0.1, -0.05) is 0 Å². The topological polar surface area (TPSA) is 70.2 Å². The van der Waals surface area contributed by atoms with Gasteiger partial charge in [-0.05, 0) is 22.0 Å². The number of thiophene rings is 1. The molecule has 0 saturated heterocycles. The molecule has 0 spiro atoms. The molecule has 112 valence electrons. The minimum atomic E-state index is -0.0689. The average Bonchev–Trinajstić information content (AvgIpc) is 2.90. The molecule has 0 aromatic carbocycles. The van der Waals surface area contributed by atoms with Crippen LogP contribution in [0.1, 0.15) is 9.67 Å². The Labute approximate surface area is 135 Å². The smallest absolute Gasteiger partial charge is 0.261 e. The lowest BCUT2D eigenvalue weighted by atomic mass is 10.4. The highest BCUT2D eigenvalue weighted by Crippen LogP contribution is 2.19. The van der Waals surface area contributed by atoms with Crippen LogP contribution in [0.3, 0.4) is 0 Å². The molecule has 6 nitrogen and oxygen atoms in total. The monoisotopic (exact) mass is 369 g/mol. The zero-order valence-corrected chi connectivity index (χ0v) is 14.2. The van der Waals surface area contributed by atoms with Crippen LogP contribution in [0.5, 0.6) is 0 Å². The molecule has 2 aromatic heterocycles. The molecule has 0 bridgehead atoms. The highest BCUT2D eigenvalue weighted by molar-refractivity contribution is 9.10. The molecule has 0 aliphatic rings. The standard InChI is InChI=1S/C13H16BrN5OS/c1-19(2)10-6-12(18-17-7-10)15-3-4-16-13(20)11-5-9(14)8-21-11/h5-8H,3-4H2,1-2H3,(H,15,18)(H,16,20). The minimum Gasteiger partial charge on any atom is -0.376 e. The highest BCUT2D eigenvalue weighted by Gasteiger charge is 2.07. The van der Waals surface area contributed by atoms with E-state index in [1.807, 2.05) is 30.4 Å². The van der Waals surface area contributed by atoms with E-state index in [0.29, 0.717) is 23.8 Å². The molecule has 0 aliphatic carbocycles. The molecule has 0 fully saturated rings. The largest absolute Gasteiger partial charge is 0.376 e. The van der Waals surface area contributed by atoms with Crippen LogP contribution in [-0.2, 0) is 0 Å². The number of hydrogen-bond donors (Lipinski definition) is 2. The Bertz CT molecular complexity index is 616. The number of rotatable bonds is 6. The van der Waals surface area contributed by atoms with E-state index in [1.165, 1.54) is 11.3 Å². The summed E-state index contributed by atoms with van der Waals surface area (Å²) in [5.41, 5.74) is 0.972. The number of carbonyl (C=O) groups excluding carboxylic acids is 1. The SMILES string of the molecule is CN(C)c1cnnc(NCCNC(=O)c2cc(Br)cs2)c1. The van der Waals surface area contributed by atoms with E-state index in [0.717, 1.165) is 10.2 Å². The molecule has 0 atom stereocenters. The second-order valence-electron chi connectivity index (χ2n) is 4.51. The third-order valence-corrected chi connectivity index (χ3v) is 4.35. The molecular formula is C13H16BrN5OS. The lowest BCUT2D eigenvalue weighted by Gasteiger charge is -2.12. The van der Waals surface area contributed by atoms with Crippen molar-refractivity contribution in [3.8, 4) is 0 Å². The van der Waals surface area contributed by atoms with Crippen molar-refractivity contribution in [1.82, 2.24) is 15.5 Å². The summed E-state index contributed by atoms with van der Waals surface area (Å²) >= 11 is 4.74. The first kappa shape index (κ1) is 15.7. The first-order chi connectivity index (χ1) is 10.1. The van der Waals surface area contributed by atoms with Gasteiger partial charge in [-0.25, -0.2) is 0 Å². The number of carbonyl (C=O) groups is 1. The van der Waals surface area contributed by atoms with Crippen LogP contribution in [0, 0.1) is 0 Å². The van der Waals surface area contributed by atoms with Crippen LogP contribution < -0.4 is 15.5 Å². The fraction of sp³-hybridized carbons (Fsp3) is 0.308. The van der Waals surface area contributed by atoms with E-state index in [9.17, 15) is 4.79 Å². The van der Waals surface area contributed by atoms with E-state index in [-0.39, 0.29) is 5.91 Å². The summed E-state index contributed by atoms with van der Waals surface area (Å²) in [5.74, 6) is 0.620. The molecule has 2 aromatic rings. The molecular weight excluding hydrogens is 354 g/mol. The molecule has 2 rings (SSSR count). The summed E-state index contributed by atoms with van der Waals surface area (Å²) in [7, 11) is 3.89. The second kappa shape index (κ2) is 7.37. The lowest BCUT2D eigenvalue weighted by molar-refractivity contribution is 0.0959. The maximum absolute atomic E-state index is 11.8. The van der Waals surface area contributed by atoms with Gasteiger partial charge >= 0.3 is 0 Å². The van der Waals surface area contributed by atoms with E-state index in [4.69, 9.17) is 0 Å². The highest BCUT2D eigenvalue weighted by atomic mass is 79.9. The van der Waals surface area contributed by atoms with E-state index in [2.05, 4.69) is 36.8 Å². The van der Waals surface area contributed by atoms with Gasteiger partial charge in [0.25, 0.3) is 5.91 Å². The third kappa shape index (κ3) is 4.68. The quantitative estimate of drug-likeness (QED) is 0.763. The molecule has 2 N–H and O–H groups in total. The Balaban J connectivity index is 1.77. The number of nitrogens with one attached hydrogen (secondary N) is 2. The number of amides is 1. The van der Waals surface area contributed by atoms with Crippen molar-refractivity contribution in [3.05, 3.63) is 33.1 Å². The third-order valence-electron chi connectivity index (χ3n) is 2.66. The van der Waals surface area contributed by atoms with Crippen LogP contribution in [0.4, 0.5) is 11.5 Å². The maximum Gasteiger partial charge on any atom is 0.261 e. The van der Waals surface area contributed by atoms with Gasteiger partial charge < -0.3 is 15.5 Å². The van der Waals surface area contributed by atoms with E-state index >= 15 is 0 Å². The van der Waals surface area contributed by atoms with Crippen molar-refractivity contribution >= 4 is 44.7 Å². The average molecular weight is 370 g/mol. The number of nitrogens with zero attached hydrogens (tertiary/aromatic N) is 3. The maximum atomic E-state index is 11.8. The second-order valence-corrected chi connectivity index (χ2v) is 6.33. The van der Waals surface area contributed by atoms with Gasteiger partial charge in [0.2, 0.25) is 0 Å². The zero-order valence-electron chi connectivity index (χ0n) is 11.8. The van der Waals surface area contributed by atoms with Crippen molar-refractivity contribution in [1.29, 1.82) is 0 Å². The van der Waals surface area contributed by atoms with Crippen LogP contribution >= 0.6 is 27.3 Å². The van der Waals surface area contributed by atoms with E-state index < -0.39 is 0 Å². The summed E-state index contributed by atoms with van der Waals surface area (Å²) < 4.78 is 0.923. The van der Waals surface area contributed by atoms with Crippen LogP contribution in [0.2, 0.25) is 0 Å². The number of aromatic nitrogens is 2. The molecule has 0 saturated carbocycles. The van der Waals surface area contributed by atoms with Crippen molar-refractivity contribution < 1.29 is 4.79 Å².